The normalized spacial score (nSPS) is 14.1. The Morgan fingerprint density at radius 3 is 2.50 bits per heavy atom. The molecular weight excluding hydrogens is 272 g/mol. The number of amides is 1. The van der Waals surface area contributed by atoms with E-state index >= 15 is 0 Å². The number of aryl methyl sites for hydroxylation is 3. The number of ketones is 1. The van der Waals surface area contributed by atoms with Gasteiger partial charge in [0.25, 0.3) is 11.7 Å². The highest BCUT2D eigenvalue weighted by atomic mass is 32.1. The van der Waals surface area contributed by atoms with Gasteiger partial charge in [-0.05, 0) is 31.9 Å². The van der Waals surface area contributed by atoms with Gasteiger partial charge in [-0.2, -0.15) is 0 Å². The molecule has 1 aliphatic heterocycles. The minimum Gasteiger partial charge on any atom is -0.299 e. The summed E-state index contributed by atoms with van der Waals surface area (Å²) in [6.45, 7) is 6.13. The predicted molar refractivity (Wildman–Crippen MR) is 78.3 cm³/mol. The summed E-state index contributed by atoms with van der Waals surface area (Å²) < 4.78 is 0. The van der Waals surface area contributed by atoms with Crippen LogP contribution >= 0.6 is 11.3 Å². The van der Waals surface area contributed by atoms with E-state index in [0.29, 0.717) is 12.1 Å². The van der Waals surface area contributed by atoms with Crippen LogP contribution in [0.25, 0.3) is 0 Å². The van der Waals surface area contributed by atoms with Crippen molar-refractivity contribution in [2.45, 2.75) is 27.3 Å². The lowest BCUT2D eigenvalue weighted by atomic mass is 10.0. The van der Waals surface area contributed by atoms with Crippen LogP contribution in [0.15, 0.2) is 18.3 Å². The first-order valence-electron chi connectivity index (χ1n) is 6.36. The molecule has 0 saturated carbocycles. The van der Waals surface area contributed by atoms with Gasteiger partial charge in [0, 0.05) is 11.1 Å². The van der Waals surface area contributed by atoms with E-state index in [4.69, 9.17) is 0 Å². The zero-order valence-electron chi connectivity index (χ0n) is 11.6. The first-order valence-corrected chi connectivity index (χ1v) is 7.18. The number of nitrogens with zero attached hydrogens (tertiary/aromatic N) is 2. The van der Waals surface area contributed by atoms with Crippen molar-refractivity contribution >= 4 is 28.7 Å². The smallest absolute Gasteiger partial charge is 0.299 e. The standard InChI is InChI=1S/C15H14N2O2S/c1-8-4-5-9(2)13-12(8)14(18)15(19)17(13)7-11-6-16-10(3)20-11/h4-6H,7H2,1-3H3. The van der Waals surface area contributed by atoms with Gasteiger partial charge in [0.2, 0.25) is 0 Å². The average Bonchev–Trinajstić information content (AvgIpc) is 2.92. The summed E-state index contributed by atoms with van der Waals surface area (Å²) in [5, 5.41) is 0.958. The fourth-order valence-corrected chi connectivity index (χ4v) is 3.33. The van der Waals surface area contributed by atoms with Crippen molar-refractivity contribution in [3.63, 3.8) is 0 Å². The SMILES string of the molecule is Cc1ncc(CN2C(=O)C(=O)c3c(C)ccc(C)c32)s1. The molecule has 2 heterocycles. The summed E-state index contributed by atoms with van der Waals surface area (Å²) in [7, 11) is 0. The van der Waals surface area contributed by atoms with Crippen molar-refractivity contribution < 1.29 is 9.59 Å². The van der Waals surface area contributed by atoms with Gasteiger partial charge in [0.05, 0.1) is 22.8 Å². The summed E-state index contributed by atoms with van der Waals surface area (Å²) in [6.07, 6.45) is 1.76. The van der Waals surface area contributed by atoms with Gasteiger partial charge < -0.3 is 0 Å². The molecule has 102 valence electrons. The molecule has 0 unspecified atom stereocenters. The topological polar surface area (TPSA) is 50.3 Å². The summed E-state index contributed by atoms with van der Waals surface area (Å²) in [6, 6.07) is 3.84. The van der Waals surface area contributed by atoms with Crippen LogP contribution < -0.4 is 4.90 Å². The second kappa shape index (κ2) is 4.52. The van der Waals surface area contributed by atoms with Crippen LogP contribution in [-0.2, 0) is 11.3 Å². The van der Waals surface area contributed by atoms with E-state index < -0.39 is 11.7 Å². The third kappa shape index (κ3) is 1.86. The molecule has 0 aliphatic carbocycles. The van der Waals surface area contributed by atoms with Crippen molar-refractivity contribution in [2.75, 3.05) is 4.90 Å². The molecule has 0 fully saturated rings. The predicted octanol–water partition coefficient (Wildman–Crippen LogP) is 2.80. The lowest BCUT2D eigenvalue weighted by molar-refractivity contribution is -0.114. The van der Waals surface area contributed by atoms with E-state index in [1.807, 2.05) is 32.9 Å². The number of thiazole rings is 1. The summed E-state index contributed by atoms with van der Waals surface area (Å²) in [4.78, 5) is 31.2. The Labute approximate surface area is 121 Å². The minimum absolute atomic E-state index is 0.401. The van der Waals surface area contributed by atoms with Crippen LogP contribution in [0, 0.1) is 20.8 Å². The van der Waals surface area contributed by atoms with Crippen molar-refractivity contribution in [2.24, 2.45) is 0 Å². The minimum atomic E-state index is -0.441. The van der Waals surface area contributed by atoms with E-state index in [1.54, 1.807) is 22.4 Å². The summed E-state index contributed by atoms with van der Waals surface area (Å²) >= 11 is 1.55. The number of carbonyl (C=O) groups excluding carboxylic acids is 2. The van der Waals surface area contributed by atoms with Gasteiger partial charge in [-0.25, -0.2) is 4.98 Å². The molecular formula is C15H14N2O2S. The second-order valence-electron chi connectivity index (χ2n) is 4.99. The maximum absolute atomic E-state index is 12.2. The highest BCUT2D eigenvalue weighted by molar-refractivity contribution is 7.11. The van der Waals surface area contributed by atoms with E-state index in [2.05, 4.69) is 4.98 Å². The Balaban J connectivity index is 2.08. The highest BCUT2D eigenvalue weighted by Crippen LogP contribution is 2.36. The number of carbonyl (C=O) groups is 2. The van der Waals surface area contributed by atoms with E-state index in [1.165, 1.54) is 0 Å². The molecule has 0 N–H and O–H groups in total. The molecule has 1 aromatic carbocycles. The molecule has 1 amide bonds. The zero-order chi connectivity index (χ0) is 14.4. The molecule has 0 radical (unpaired) electrons. The lowest BCUT2D eigenvalue weighted by Crippen LogP contribution is -2.29. The molecule has 0 saturated heterocycles. The fraction of sp³-hybridized carbons (Fsp3) is 0.267. The number of fused-ring (bicyclic) bond motifs is 1. The van der Waals surface area contributed by atoms with Crippen molar-refractivity contribution in [1.82, 2.24) is 4.98 Å². The molecule has 5 heteroatoms. The summed E-state index contributed by atoms with van der Waals surface area (Å²) in [5.74, 6) is -0.842. The average molecular weight is 286 g/mol. The van der Waals surface area contributed by atoms with Gasteiger partial charge in [0.1, 0.15) is 0 Å². The molecule has 0 atom stereocenters. The number of hydrogen-bond donors (Lipinski definition) is 0. The van der Waals surface area contributed by atoms with Crippen LogP contribution in [-0.4, -0.2) is 16.7 Å². The molecule has 4 nitrogen and oxygen atoms in total. The third-order valence-electron chi connectivity index (χ3n) is 3.51. The number of hydrogen-bond acceptors (Lipinski definition) is 4. The van der Waals surface area contributed by atoms with Crippen LogP contribution in [0.1, 0.15) is 31.4 Å². The molecule has 2 aromatic rings. The van der Waals surface area contributed by atoms with Crippen LogP contribution in [0.4, 0.5) is 5.69 Å². The molecule has 20 heavy (non-hydrogen) atoms. The maximum Gasteiger partial charge on any atom is 0.299 e. The van der Waals surface area contributed by atoms with E-state index in [9.17, 15) is 9.59 Å². The van der Waals surface area contributed by atoms with Crippen LogP contribution in [0.3, 0.4) is 0 Å². The Bertz CT molecular complexity index is 733. The molecule has 0 spiro atoms. The van der Waals surface area contributed by atoms with E-state index in [-0.39, 0.29) is 0 Å². The molecule has 0 bridgehead atoms. The van der Waals surface area contributed by atoms with Gasteiger partial charge in [-0.15, -0.1) is 11.3 Å². The molecule has 1 aliphatic rings. The maximum atomic E-state index is 12.2. The van der Waals surface area contributed by atoms with Crippen molar-refractivity contribution in [3.05, 3.63) is 44.9 Å². The van der Waals surface area contributed by atoms with Crippen molar-refractivity contribution in [1.29, 1.82) is 0 Å². The number of anilines is 1. The number of Topliss-reactive ketones (excluding diaryl/α,β-unsaturated/α-hetero) is 1. The number of benzene rings is 1. The lowest BCUT2D eigenvalue weighted by Gasteiger charge is -2.17. The zero-order valence-corrected chi connectivity index (χ0v) is 12.4. The first-order chi connectivity index (χ1) is 9.49. The van der Waals surface area contributed by atoms with Crippen LogP contribution in [0.5, 0.6) is 0 Å². The van der Waals surface area contributed by atoms with E-state index in [0.717, 1.165) is 26.7 Å². The quantitative estimate of drug-likeness (QED) is 0.798. The molecule has 1 aromatic heterocycles. The third-order valence-corrected chi connectivity index (χ3v) is 4.40. The second-order valence-corrected chi connectivity index (χ2v) is 6.31. The monoisotopic (exact) mass is 286 g/mol. The van der Waals surface area contributed by atoms with Gasteiger partial charge in [-0.1, -0.05) is 12.1 Å². The van der Waals surface area contributed by atoms with Crippen molar-refractivity contribution in [3.8, 4) is 0 Å². The molecule has 3 rings (SSSR count). The summed E-state index contributed by atoms with van der Waals surface area (Å²) in [5.41, 5.74) is 3.11. The van der Waals surface area contributed by atoms with Gasteiger partial charge in [-0.3, -0.25) is 14.5 Å². The Morgan fingerprint density at radius 2 is 1.85 bits per heavy atom. The number of aromatic nitrogens is 1. The Morgan fingerprint density at radius 1 is 1.15 bits per heavy atom. The Hall–Kier alpha value is -2.01. The van der Waals surface area contributed by atoms with Gasteiger partial charge in [0.15, 0.2) is 0 Å². The Kier molecular flexibility index (Phi) is 2.94. The fourth-order valence-electron chi connectivity index (χ4n) is 2.55. The van der Waals surface area contributed by atoms with Crippen LogP contribution in [0.2, 0.25) is 0 Å². The highest BCUT2D eigenvalue weighted by Gasteiger charge is 2.38. The number of rotatable bonds is 2. The van der Waals surface area contributed by atoms with Gasteiger partial charge >= 0.3 is 0 Å². The largest absolute Gasteiger partial charge is 0.299 e. The first kappa shape index (κ1) is 13.0.